The van der Waals surface area contributed by atoms with Crippen LogP contribution in [0, 0.1) is 6.92 Å². The lowest BCUT2D eigenvalue weighted by Gasteiger charge is -2.18. The van der Waals surface area contributed by atoms with Gasteiger partial charge in [0.05, 0.1) is 26.7 Å². The van der Waals surface area contributed by atoms with Crippen LogP contribution in [0.15, 0.2) is 23.2 Å². The van der Waals surface area contributed by atoms with E-state index in [1.165, 1.54) is 0 Å². The quantitative estimate of drug-likeness (QED) is 0.680. The number of carbonyl (C=O) groups is 2. The van der Waals surface area contributed by atoms with E-state index in [0.717, 1.165) is 17.7 Å². The Labute approximate surface area is 154 Å². The molecule has 26 heavy (non-hydrogen) atoms. The summed E-state index contributed by atoms with van der Waals surface area (Å²) in [6, 6.07) is 5.51. The Hall–Kier alpha value is -2.61. The first-order chi connectivity index (χ1) is 12.4. The van der Waals surface area contributed by atoms with Crippen LogP contribution < -0.4 is 16.0 Å². The number of nitrogens with zero attached hydrogens (tertiary/aromatic N) is 2. The molecule has 0 bridgehead atoms. The summed E-state index contributed by atoms with van der Waals surface area (Å²) >= 11 is 0. The Morgan fingerprint density at radius 2 is 2.12 bits per heavy atom. The topological polar surface area (TPSA) is 95.1 Å². The van der Waals surface area contributed by atoms with E-state index < -0.39 is 0 Å². The monoisotopic (exact) mass is 361 g/mol. The number of hydrogen-bond donors (Lipinski definition) is 3. The fourth-order valence-electron chi connectivity index (χ4n) is 2.52. The maximum absolute atomic E-state index is 12.4. The third-order valence-corrected chi connectivity index (χ3v) is 4.05. The average molecular weight is 361 g/mol. The number of amides is 2. The number of aryl methyl sites for hydroxylation is 1. The summed E-state index contributed by atoms with van der Waals surface area (Å²) in [5, 5.41) is 10.3. The van der Waals surface area contributed by atoms with Crippen LogP contribution in [-0.4, -0.2) is 55.6 Å². The van der Waals surface area contributed by atoms with Gasteiger partial charge in [-0.15, -0.1) is 0 Å². The molecule has 0 aromatic heterocycles. The Kier molecular flexibility index (Phi) is 6.97. The van der Waals surface area contributed by atoms with Gasteiger partial charge in [-0.1, -0.05) is 6.92 Å². The Morgan fingerprint density at radius 1 is 1.35 bits per heavy atom. The molecule has 1 heterocycles. The van der Waals surface area contributed by atoms with Crippen LogP contribution in [0.5, 0.6) is 0 Å². The van der Waals surface area contributed by atoms with Gasteiger partial charge in [-0.2, -0.15) is 0 Å². The number of nitrogens with one attached hydrogen (secondary N) is 3. The van der Waals surface area contributed by atoms with Gasteiger partial charge in [0.15, 0.2) is 0 Å². The first-order valence-electron chi connectivity index (χ1n) is 8.75. The van der Waals surface area contributed by atoms with Crippen LogP contribution in [0.2, 0.25) is 0 Å². The molecule has 0 spiro atoms. The van der Waals surface area contributed by atoms with E-state index in [-0.39, 0.29) is 24.4 Å². The van der Waals surface area contributed by atoms with Crippen LogP contribution in [0.25, 0.3) is 0 Å². The summed E-state index contributed by atoms with van der Waals surface area (Å²) in [5.41, 5.74) is 2.14. The number of benzene rings is 1. The molecule has 0 aliphatic carbocycles. The van der Waals surface area contributed by atoms with E-state index >= 15 is 0 Å². The van der Waals surface area contributed by atoms with Crippen molar-refractivity contribution in [1.82, 2.24) is 15.7 Å². The van der Waals surface area contributed by atoms with E-state index in [2.05, 4.69) is 20.9 Å². The first-order valence-corrected chi connectivity index (χ1v) is 8.75. The van der Waals surface area contributed by atoms with Gasteiger partial charge >= 0.3 is 0 Å². The summed E-state index contributed by atoms with van der Waals surface area (Å²) in [4.78, 5) is 33.8. The molecular formula is C18H27N5O3. The molecule has 3 N–H and O–H groups in total. The van der Waals surface area contributed by atoms with E-state index in [9.17, 15) is 9.59 Å². The van der Waals surface area contributed by atoms with E-state index in [1.54, 1.807) is 24.3 Å². The molecule has 0 radical (unpaired) electrons. The van der Waals surface area contributed by atoms with Gasteiger partial charge < -0.3 is 16.0 Å². The van der Waals surface area contributed by atoms with Crippen molar-refractivity contribution in [2.24, 2.45) is 4.99 Å². The maximum Gasteiger partial charge on any atom is 0.251 e. The van der Waals surface area contributed by atoms with E-state index in [0.29, 0.717) is 24.6 Å². The fraction of sp³-hybridized carbons (Fsp3) is 0.500. The minimum absolute atomic E-state index is 0.0515. The standard InChI is InChI=1S/C18H27N5O3/c1-5-13(3)21-16(24)11-20-17(25)14-8-12(2)9-15(10-14)22-18-19-6-7-23(18)26-4/h8-10,13H,5-7,11H2,1-4H3,(H,19,22)(H,20,25)(H,21,24). The van der Waals surface area contributed by atoms with Crippen LogP contribution in [-0.2, 0) is 9.63 Å². The second-order valence-corrected chi connectivity index (χ2v) is 6.26. The second-order valence-electron chi connectivity index (χ2n) is 6.26. The third-order valence-electron chi connectivity index (χ3n) is 4.05. The number of anilines is 1. The first kappa shape index (κ1) is 19.7. The van der Waals surface area contributed by atoms with Gasteiger partial charge in [0.25, 0.3) is 5.91 Å². The van der Waals surface area contributed by atoms with Crippen LogP contribution in [0.4, 0.5) is 5.69 Å². The summed E-state index contributed by atoms with van der Waals surface area (Å²) in [6.07, 6.45) is 0.842. The second kappa shape index (κ2) is 9.19. The largest absolute Gasteiger partial charge is 0.352 e. The number of hydroxylamine groups is 2. The van der Waals surface area contributed by atoms with E-state index in [1.807, 2.05) is 26.8 Å². The number of rotatable bonds is 7. The third kappa shape index (κ3) is 5.45. The molecule has 1 aromatic carbocycles. The van der Waals surface area contributed by atoms with Gasteiger partial charge in [-0.25, -0.2) is 10.1 Å². The lowest BCUT2D eigenvalue weighted by atomic mass is 10.1. The normalized spacial score (nSPS) is 14.6. The minimum Gasteiger partial charge on any atom is -0.352 e. The van der Waals surface area contributed by atoms with Crippen LogP contribution >= 0.6 is 0 Å². The summed E-state index contributed by atoms with van der Waals surface area (Å²) < 4.78 is 0. The van der Waals surface area contributed by atoms with Crippen LogP contribution in [0.3, 0.4) is 0 Å². The molecule has 2 amide bonds. The fourth-order valence-corrected chi connectivity index (χ4v) is 2.52. The minimum atomic E-state index is -0.298. The molecule has 0 saturated heterocycles. The van der Waals surface area contributed by atoms with Crippen LogP contribution in [0.1, 0.15) is 36.2 Å². The molecule has 1 atom stereocenters. The lowest BCUT2D eigenvalue weighted by Crippen LogP contribution is -2.40. The molecule has 2 rings (SSSR count). The number of hydrogen-bond acceptors (Lipinski definition) is 6. The van der Waals surface area contributed by atoms with Gasteiger partial charge in [-0.3, -0.25) is 14.4 Å². The van der Waals surface area contributed by atoms with Crippen molar-refractivity contribution < 1.29 is 14.4 Å². The Balaban J connectivity index is 1.99. The zero-order valence-electron chi connectivity index (χ0n) is 15.8. The number of carbonyl (C=O) groups excluding carboxylic acids is 2. The van der Waals surface area contributed by atoms with Gasteiger partial charge in [0, 0.05) is 17.3 Å². The van der Waals surface area contributed by atoms with Gasteiger partial charge in [-0.05, 0) is 44.0 Å². The van der Waals surface area contributed by atoms with Crippen molar-refractivity contribution in [2.75, 3.05) is 32.1 Å². The van der Waals surface area contributed by atoms with Crippen molar-refractivity contribution in [3.05, 3.63) is 29.3 Å². The zero-order valence-corrected chi connectivity index (χ0v) is 15.8. The average Bonchev–Trinajstić information content (AvgIpc) is 3.06. The highest BCUT2D eigenvalue weighted by atomic mass is 16.7. The van der Waals surface area contributed by atoms with Gasteiger partial charge in [0.2, 0.25) is 11.9 Å². The Bertz CT molecular complexity index is 689. The smallest absolute Gasteiger partial charge is 0.251 e. The summed E-state index contributed by atoms with van der Waals surface area (Å²) in [7, 11) is 1.59. The van der Waals surface area contributed by atoms with E-state index in [4.69, 9.17) is 4.84 Å². The van der Waals surface area contributed by atoms with Crippen molar-refractivity contribution in [3.8, 4) is 0 Å². The van der Waals surface area contributed by atoms with Crippen molar-refractivity contribution in [1.29, 1.82) is 0 Å². The highest BCUT2D eigenvalue weighted by Gasteiger charge is 2.17. The summed E-state index contributed by atoms with van der Waals surface area (Å²) in [6.45, 7) is 7.10. The van der Waals surface area contributed by atoms with Crippen molar-refractivity contribution in [2.45, 2.75) is 33.2 Å². The molecule has 1 unspecified atom stereocenters. The molecule has 142 valence electrons. The molecule has 1 aromatic rings. The Morgan fingerprint density at radius 3 is 2.81 bits per heavy atom. The zero-order chi connectivity index (χ0) is 19.1. The molecule has 1 aliphatic heterocycles. The maximum atomic E-state index is 12.4. The molecular weight excluding hydrogens is 334 g/mol. The number of aliphatic imine (C=N–C) groups is 1. The highest BCUT2D eigenvalue weighted by Crippen LogP contribution is 2.16. The van der Waals surface area contributed by atoms with Gasteiger partial charge in [0.1, 0.15) is 0 Å². The van der Waals surface area contributed by atoms with Crippen molar-refractivity contribution in [3.63, 3.8) is 0 Å². The molecule has 0 fully saturated rings. The molecule has 8 heteroatoms. The highest BCUT2D eigenvalue weighted by molar-refractivity contribution is 5.99. The van der Waals surface area contributed by atoms with Crippen molar-refractivity contribution >= 4 is 23.5 Å². The molecule has 8 nitrogen and oxygen atoms in total. The predicted octanol–water partition coefficient (Wildman–Crippen LogP) is 1.28. The summed E-state index contributed by atoms with van der Waals surface area (Å²) in [5.74, 6) is 0.111. The molecule has 0 saturated carbocycles. The SMILES string of the molecule is CCC(C)NC(=O)CNC(=O)c1cc(C)cc(NC2=NCCN2OC)c1. The molecule has 1 aliphatic rings. The number of guanidine groups is 1. The lowest BCUT2D eigenvalue weighted by molar-refractivity contribution is -0.120. The predicted molar refractivity (Wildman–Crippen MR) is 101 cm³/mol.